The summed E-state index contributed by atoms with van der Waals surface area (Å²) < 4.78 is 0. The minimum atomic E-state index is -1.43. The van der Waals surface area contributed by atoms with Crippen molar-refractivity contribution in [3.8, 4) is 22.9 Å². The highest BCUT2D eigenvalue weighted by Gasteiger charge is 2.11. The Morgan fingerprint density at radius 3 is 2.72 bits per heavy atom. The second kappa shape index (κ2) is 5.25. The number of nitrogens with zero attached hydrogens (tertiary/aromatic N) is 2. The van der Waals surface area contributed by atoms with Gasteiger partial charge in [0.2, 0.25) is 5.16 Å². The number of phenols is 2. The highest BCUT2D eigenvalue weighted by atomic mass is 32.2. The number of aliphatic hydroxyl groups excluding tert-OH is 1. The van der Waals surface area contributed by atoms with E-state index in [2.05, 4.69) is 15.2 Å². The second-order valence-electron chi connectivity index (χ2n) is 3.46. The first-order valence-corrected chi connectivity index (χ1v) is 5.98. The van der Waals surface area contributed by atoms with Gasteiger partial charge in [-0.2, -0.15) is 0 Å². The normalized spacial score (nSPS) is 11.1. The van der Waals surface area contributed by atoms with Gasteiger partial charge >= 0.3 is 0 Å². The molecule has 0 bridgehead atoms. The molecule has 0 aliphatic rings. The van der Waals surface area contributed by atoms with Crippen molar-refractivity contribution in [1.29, 1.82) is 0 Å². The van der Waals surface area contributed by atoms with Crippen LogP contribution in [0.5, 0.6) is 11.5 Å². The highest BCUT2D eigenvalue weighted by molar-refractivity contribution is 7.99. The zero-order chi connectivity index (χ0) is 13.1. The van der Waals surface area contributed by atoms with E-state index in [4.69, 9.17) is 15.3 Å². The lowest BCUT2D eigenvalue weighted by Gasteiger charge is -2.00. The smallest absolute Gasteiger partial charge is 0.208 e. The van der Waals surface area contributed by atoms with Crippen molar-refractivity contribution in [3.05, 3.63) is 18.2 Å². The molecular weight excluding hydrogens is 258 g/mol. The third-order valence-corrected chi connectivity index (χ3v) is 2.97. The zero-order valence-electron chi connectivity index (χ0n) is 9.11. The molecule has 1 heterocycles. The molecule has 8 heteroatoms. The van der Waals surface area contributed by atoms with Gasteiger partial charge in [0.1, 0.15) is 11.5 Å². The Hall–Kier alpha value is -1.77. The number of hydrogen-bond acceptors (Lipinski definition) is 7. The van der Waals surface area contributed by atoms with Gasteiger partial charge in [-0.3, -0.25) is 5.10 Å². The maximum atomic E-state index is 9.64. The van der Waals surface area contributed by atoms with Gasteiger partial charge in [0.05, 0.1) is 11.3 Å². The third kappa shape index (κ3) is 2.92. The summed E-state index contributed by atoms with van der Waals surface area (Å²) in [7, 11) is 0. The largest absolute Gasteiger partial charge is 0.508 e. The summed E-state index contributed by atoms with van der Waals surface area (Å²) in [6.07, 6.45) is -1.43. The van der Waals surface area contributed by atoms with Gasteiger partial charge in [0.25, 0.3) is 0 Å². The van der Waals surface area contributed by atoms with Crippen molar-refractivity contribution in [2.45, 2.75) is 11.4 Å². The Balaban J connectivity index is 2.18. The lowest BCUT2D eigenvalue weighted by molar-refractivity contribution is -0.0186. The minimum Gasteiger partial charge on any atom is -0.508 e. The van der Waals surface area contributed by atoms with Gasteiger partial charge in [0, 0.05) is 6.07 Å². The average Bonchev–Trinajstić information content (AvgIpc) is 2.75. The van der Waals surface area contributed by atoms with Crippen molar-refractivity contribution in [2.75, 3.05) is 5.75 Å². The van der Waals surface area contributed by atoms with Crippen LogP contribution in [0, 0.1) is 0 Å². The molecule has 7 nitrogen and oxygen atoms in total. The molecule has 0 amide bonds. The first kappa shape index (κ1) is 12.7. The van der Waals surface area contributed by atoms with Crippen LogP contribution in [-0.4, -0.2) is 47.7 Å². The highest BCUT2D eigenvalue weighted by Crippen LogP contribution is 2.30. The van der Waals surface area contributed by atoms with E-state index in [1.165, 1.54) is 18.2 Å². The van der Waals surface area contributed by atoms with Crippen LogP contribution in [0.3, 0.4) is 0 Å². The summed E-state index contributed by atoms with van der Waals surface area (Å²) in [5.74, 6) is 0.222. The SMILES string of the molecule is Oc1ccc(-c2nc(SCC(O)O)n[nH]2)c(O)c1. The fraction of sp³-hybridized carbons (Fsp3) is 0.200. The van der Waals surface area contributed by atoms with Crippen LogP contribution in [0.4, 0.5) is 0 Å². The molecule has 0 spiro atoms. The molecule has 0 radical (unpaired) electrons. The number of rotatable bonds is 4. The molecule has 0 aliphatic carbocycles. The van der Waals surface area contributed by atoms with Crippen molar-refractivity contribution in [1.82, 2.24) is 15.2 Å². The zero-order valence-corrected chi connectivity index (χ0v) is 9.92. The molecular formula is C10H11N3O4S. The van der Waals surface area contributed by atoms with Gasteiger partial charge < -0.3 is 20.4 Å². The standard InChI is InChI=1S/C10H11N3O4S/c14-5-1-2-6(7(15)3-5)9-11-10(13-12-9)18-4-8(16)17/h1-3,8,14-17H,4H2,(H,11,12,13). The van der Waals surface area contributed by atoms with E-state index < -0.39 is 6.29 Å². The quantitative estimate of drug-likeness (QED) is 0.399. The fourth-order valence-corrected chi connectivity index (χ4v) is 1.86. The number of aromatic amines is 1. The second-order valence-corrected chi connectivity index (χ2v) is 4.45. The molecule has 0 unspecified atom stereocenters. The van der Waals surface area contributed by atoms with Crippen molar-refractivity contribution >= 4 is 11.8 Å². The van der Waals surface area contributed by atoms with Crippen LogP contribution in [0.1, 0.15) is 0 Å². The lowest BCUT2D eigenvalue weighted by atomic mass is 10.2. The van der Waals surface area contributed by atoms with Crippen LogP contribution in [-0.2, 0) is 0 Å². The number of aromatic nitrogens is 3. The predicted octanol–water partition coefficient (Wildman–Crippen LogP) is 0.286. The number of H-pyrrole nitrogens is 1. The van der Waals surface area contributed by atoms with Gasteiger partial charge in [-0.05, 0) is 12.1 Å². The number of nitrogens with one attached hydrogen (secondary N) is 1. The number of phenolic OH excluding ortho intramolecular Hbond substituents is 2. The van der Waals surface area contributed by atoms with Gasteiger partial charge in [-0.15, -0.1) is 5.10 Å². The summed E-state index contributed by atoms with van der Waals surface area (Å²) in [5, 5.41) is 43.1. The molecule has 5 N–H and O–H groups in total. The molecule has 0 aliphatic heterocycles. The Kier molecular flexibility index (Phi) is 3.70. The molecule has 96 valence electrons. The monoisotopic (exact) mass is 269 g/mol. The van der Waals surface area contributed by atoms with Crippen LogP contribution >= 0.6 is 11.8 Å². The number of thioether (sulfide) groups is 1. The summed E-state index contributed by atoms with van der Waals surface area (Å²) >= 11 is 1.07. The predicted molar refractivity (Wildman–Crippen MR) is 64.1 cm³/mol. The van der Waals surface area contributed by atoms with Crippen LogP contribution < -0.4 is 0 Å². The van der Waals surface area contributed by atoms with E-state index in [1.54, 1.807) is 0 Å². The van der Waals surface area contributed by atoms with Gasteiger partial charge in [-0.1, -0.05) is 11.8 Å². The maximum absolute atomic E-state index is 9.64. The summed E-state index contributed by atoms with van der Waals surface area (Å²) in [4.78, 5) is 4.08. The van der Waals surface area contributed by atoms with E-state index in [9.17, 15) is 5.11 Å². The Morgan fingerprint density at radius 1 is 1.28 bits per heavy atom. The number of hydrogen-bond donors (Lipinski definition) is 5. The first-order valence-electron chi connectivity index (χ1n) is 5.00. The molecule has 2 aromatic rings. The Bertz CT molecular complexity index is 544. The van der Waals surface area contributed by atoms with Crippen molar-refractivity contribution in [2.24, 2.45) is 0 Å². The lowest BCUT2D eigenvalue weighted by Crippen LogP contribution is -2.07. The minimum absolute atomic E-state index is 0.0474. The van der Waals surface area contributed by atoms with Crippen LogP contribution in [0.2, 0.25) is 0 Å². The van der Waals surface area contributed by atoms with Gasteiger partial charge in [0.15, 0.2) is 12.1 Å². The van der Waals surface area contributed by atoms with E-state index in [-0.39, 0.29) is 17.3 Å². The average molecular weight is 269 g/mol. The molecule has 1 aromatic carbocycles. The third-order valence-electron chi connectivity index (χ3n) is 2.06. The number of benzene rings is 1. The van der Waals surface area contributed by atoms with Gasteiger partial charge in [-0.25, -0.2) is 4.98 Å². The molecule has 0 atom stereocenters. The van der Waals surface area contributed by atoms with Crippen molar-refractivity contribution < 1.29 is 20.4 Å². The topological polar surface area (TPSA) is 122 Å². The molecule has 18 heavy (non-hydrogen) atoms. The van der Waals surface area contributed by atoms with Crippen LogP contribution in [0.25, 0.3) is 11.4 Å². The first-order chi connectivity index (χ1) is 8.56. The van der Waals surface area contributed by atoms with Crippen LogP contribution in [0.15, 0.2) is 23.4 Å². The van der Waals surface area contributed by atoms with E-state index in [1.807, 2.05) is 0 Å². The molecule has 1 aromatic heterocycles. The molecule has 0 saturated carbocycles. The van der Waals surface area contributed by atoms with E-state index >= 15 is 0 Å². The van der Waals surface area contributed by atoms with E-state index in [0.717, 1.165) is 11.8 Å². The summed E-state index contributed by atoms with van der Waals surface area (Å²) in [5.41, 5.74) is 0.400. The molecule has 0 fully saturated rings. The van der Waals surface area contributed by atoms with Crippen molar-refractivity contribution in [3.63, 3.8) is 0 Å². The summed E-state index contributed by atoms with van der Waals surface area (Å²) in [6, 6.07) is 4.12. The Labute approximate surface area is 106 Å². The maximum Gasteiger partial charge on any atom is 0.208 e. The number of aliphatic hydroxyl groups is 2. The summed E-state index contributed by atoms with van der Waals surface area (Å²) in [6.45, 7) is 0. The Morgan fingerprint density at radius 2 is 2.06 bits per heavy atom. The fourth-order valence-electron chi connectivity index (χ4n) is 1.30. The number of aromatic hydroxyl groups is 2. The molecule has 0 saturated heterocycles. The van der Waals surface area contributed by atoms with E-state index in [0.29, 0.717) is 16.5 Å². The molecule has 2 rings (SSSR count).